The van der Waals surface area contributed by atoms with Gasteiger partial charge in [0.25, 0.3) is 0 Å². The van der Waals surface area contributed by atoms with Crippen molar-refractivity contribution in [1.29, 1.82) is 0 Å². The highest BCUT2D eigenvalue weighted by molar-refractivity contribution is 5.85. The molecule has 0 aromatic rings. The summed E-state index contributed by atoms with van der Waals surface area (Å²) >= 11 is 0. The number of rotatable bonds is 6. The van der Waals surface area contributed by atoms with E-state index < -0.39 is 0 Å². The first-order valence-corrected chi connectivity index (χ1v) is 7.31. The summed E-state index contributed by atoms with van der Waals surface area (Å²) in [5.74, 6) is 0.296. The Hall–Kier alpha value is -0.540. The van der Waals surface area contributed by atoms with Crippen LogP contribution in [0.1, 0.15) is 51.4 Å². The van der Waals surface area contributed by atoms with Crippen LogP contribution >= 0.6 is 12.4 Å². The van der Waals surface area contributed by atoms with Crippen molar-refractivity contribution in [2.24, 2.45) is 11.1 Å². The van der Waals surface area contributed by atoms with Crippen molar-refractivity contribution in [3.63, 3.8) is 0 Å². The second kappa shape index (κ2) is 7.30. The van der Waals surface area contributed by atoms with Crippen LogP contribution in [-0.2, 0) is 4.79 Å². The normalized spacial score (nSPS) is 21.3. The molecule has 0 bridgehead atoms. The van der Waals surface area contributed by atoms with Crippen molar-refractivity contribution in [2.75, 3.05) is 13.1 Å². The van der Waals surface area contributed by atoms with E-state index in [2.05, 4.69) is 6.58 Å². The molecule has 0 atom stereocenters. The van der Waals surface area contributed by atoms with Crippen LogP contribution < -0.4 is 5.73 Å². The predicted molar refractivity (Wildman–Crippen MR) is 81.4 cm³/mol. The Kier molecular flexibility index (Phi) is 6.34. The van der Waals surface area contributed by atoms with Crippen molar-refractivity contribution in [1.82, 2.24) is 4.90 Å². The first-order chi connectivity index (χ1) is 8.71. The van der Waals surface area contributed by atoms with Gasteiger partial charge in [-0.05, 0) is 37.6 Å². The Morgan fingerprint density at radius 2 is 1.95 bits per heavy atom. The molecule has 0 aromatic carbocycles. The monoisotopic (exact) mass is 286 g/mol. The van der Waals surface area contributed by atoms with Gasteiger partial charge in [-0.3, -0.25) is 4.79 Å². The van der Waals surface area contributed by atoms with E-state index in [4.69, 9.17) is 5.73 Å². The van der Waals surface area contributed by atoms with Crippen molar-refractivity contribution in [2.45, 2.75) is 57.4 Å². The van der Waals surface area contributed by atoms with E-state index in [0.29, 0.717) is 31.5 Å². The van der Waals surface area contributed by atoms with Gasteiger partial charge in [-0.15, -0.1) is 19.0 Å². The van der Waals surface area contributed by atoms with Gasteiger partial charge in [0.1, 0.15) is 0 Å². The second-order valence-corrected chi connectivity index (χ2v) is 6.01. The molecule has 0 saturated heterocycles. The van der Waals surface area contributed by atoms with E-state index in [0.717, 1.165) is 25.7 Å². The first-order valence-electron chi connectivity index (χ1n) is 7.31. The summed E-state index contributed by atoms with van der Waals surface area (Å²) in [6, 6.07) is 0.480. The number of hydrogen-bond acceptors (Lipinski definition) is 2. The van der Waals surface area contributed by atoms with Gasteiger partial charge in [0, 0.05) is 19.0 Å². The van der Waals surface area contributed by atoms with Crippen LogP contribution in [0.2, 0.25) is 0 Å². The van der Waals surface area contributed by atoms with Crippen LogP contribution in [-0.4, -0.2) is 29.9 Å². The van der Waals surface area contributed by atoms with Gasteiger partial charge in [-0.2, -0.15) is 0 Å². The fourth-order valence-corrected chi connectivity index (χ4v) is 3.16. The molecule has 2 aliphatic rings. The summed E-state index contributed by atoms with van der Waals surface area (Å²) in [4.78, 5) is 14.5. The molecule has 4 heteroatoms. The summed E-state index contributed by atoms with van der Waals surface area (Å²) in [7, 11) is 0. The van der Waals surface area contributed by atoms with Crippen LogP contribution in [0, 0.1) is 5.41 Å². The zero-order chi connectivity index (χ0) is 13.0. The molecule has 0 unspecified atom stereocenters. The van der Waals surface area contributed by atoms with E-state index in [1.54, 1.807) is 0 Å². The standard InChI is InChI=1S/C15H26N2O.ClH/c1-2-10-17(13-6-7-13)14(18)11-15(12-16)8-4-3-5-9-15;/h2,13H,1,3-12,16H2;1H. The second-order valence-electron chi connectivity index (χ2n) is 6.01. The fourth-order valence-electron chi connectivity index (χ4n) is 3.16. The Morgan fingerprint density at radius 1 is 1.32 bits per heavy atom. The van der Waals surface area contributed by atoms with Crippen LogP contribution in [0.4, 0.5) is 0 Å². The van der Waals surface area contributed by atoms with Gasteiger partial charge in [0.15, 0.2) is 0 Å². The smallest absolute Gasteiger partial charge is 0.223 e. The average molecular weight is 287 g/mol. The van der Waals surface area contributed by atoms with Crippen molar-refractivity contribution < 1.29 is 4.79 Å². The minimum atomic E-state index is 0. The molecule has 1 amide bonds. The minimum absolute atomic E-state index is 0. The fraction of sp³-hybridized carbons (Fsp3) is 0.800. The summed E-state index contributed by atoms with van der Waals surface area (Å²) in [6.07, 6.45) is 10.8. The number of carbonyl (C=O) groups is 1. The zero-order valence-electron chi connectivity index (χ0n) is 11.8. The van der Waals surface area contributed by atoms with E-state index in [-0.39, 0.29) is 17.8 Å². The Labute approximate surface area is 123 Å². The van der Waals surface area contributed by atoms with Gasteiger partial charge in [-0.25, -0.2) is 0 Å². The Balaban J connectivity index is 0.00000180. The largest absolute Gasteiger partial charge is 0.336 e. The lowest BCUT2D eigenvalue weighted by atomic mass is 9.71. The molecule has 0 aliphatic heterocycles. The maximum absolute atomic E-state index is 12.5. The molecule has 0 spiro atoms. The van der Waals surface area contributed by atoms with Crippen LogP contribution in [0.5, 0.6) is 0 Å². The van der Waals surface area contributed by atoms with E-state index in [1.807, 2.05) is 11.0 Å². The SMILES string of the molecule is C=CCN(C(=O)CC1(CN)CCCCC1)C1CC1.Cl. The lowest BCUT2D eigenvalue weighted by molar-refractivity contribution is -0.134. The lowest BCUT2D eigenvalue weighted by Gasteiger charge is -2.37. The molecule has 2 aliphatic carbocycles. The predicted octanol–water partition coefficient (Wildman–Crippen LogP) is 2.88. The minimum Gasteiger partial charge on any atom is -0.336 e. The van der Waals surface area contributed by atoms with Gasteiger partial charge >= 0.3 is 0 Å². The molecule has 0 heterocycles. The van der Waals surface area contributed by atoms with Gasteiger partial charge in [-0.1, -0.05) is 25.3 Å². The highest BCUT2D eigenvalue weighted by atomic mass is 35.5. The number of hydrogen-bond donors (Lipinski definition) is 1. The van der Waals surface area contributed by atoms with Crippen LogP contribution in [0.3, 0.4) is 0 Å². The molecule has 2 rings (SSSR count). The molecule has 0 radical (unpaired) electrons. The average Bonchev–Trinajstić information content (AvgIpc) is 3.21. The molecular formula is C15H27ClN2O. The zero-order valence-corrected chi connectivity index (χ0v) is 12.6. The Morgan fingerprint density at radius 3 is 2.42 bits per heavy atom. The summed E-state index contributed by atoms with van der Waals surface area (Å²) in [6.45, 7) is 5.12. The maximum Gasteiger partial charge on any atom is 0.223 e. The third-order valence-electron chi connectivity index (χ3n) is 4.51. The molecule has 2 N–H and O–H groups in total. The van der Waals surface area contributed by atoms with Crippen LogP contribution in [0.15, 0.2) is 12.7 Å². The number of amides is 1. The van der Waals surface area contributed by atoms with Crippen LogP contribution in [0.25, 0.3) is 0 Å². The van der Waals surface area contributed by atoms with Gasteiger partial charge in [0.2, 0.25) is 5.91 Å². The maximum atomic E-state index is 12.5. The van der Waals surface area contributed by atoms with Gasteiger partial charge < -0.3 is 10.6 Å². The van der Waals surface area contributed by atoms with E-state index >= 15 is 0 Å². The third-order valence-corrected chi connectivity index (χ3v) is 4.51. The number of carbonyl (C=O) groups excluding carboxylic acids is 1. The molecule has 2 fully saturated rings. The molecule has 19 heavy (non-hydrogen) atoms. The molecule has 2 saturated carbocycles. The molecule has 110 valence electrons. The quantitative estimate of drug-likeness (QED) is 0.763. The lowest BCUT2D eigenvalue weighted by Crippen LogP contribution is -2.41. The highest BCUT2D eigenvalue weighted by Crippen LogP contribution is 2.39. The van der Waals surface area contributed by atoms with E-state index in [1.165, 1.54) is 19.3 Å². The topological polar surface area (TPSA) is 46.3 Å². The van der Waals surface area contributed by atoms with Gasteiger partial charge in [0.05, 0.1) is 0 Å². The summed E-state index contributed by atoms with van der Waals surface area (Å²) in [5.41, 5.74) is 6.05. The molecule has 3 nitrogen and oxygen atoms in total. The first kappa shape index (κ1) is 16.5. The van der Waals surface area contributed by atoms with Crippen molar-refractivity contribution in [3.05, 3.63) is 12.7 Å². The highest BCUT2D eigenvalue weighted by Gasteiger charge is 2.38. The Bertz CT molecular complexity index is 309. The number of nitrogens with zero attached hydrogens (tertiary/aromatic N) is 1. The third kappa shape index (κ3) is 4.22. The van der Waals surface area contributed by atoms with Crippen molar-refractivity contribution >= 4 is 18.3 Å². The summed E-state index contributed by atoms with van der Waals surface area (Å²) in [5, 5.41) is 0. The molecular weight excluding hydrogens is 260 g/mol. The summed E-state index contributed by atoms with van der Waals surface area (Å²) < 4.78 is 0. The number of nitrogens with two attached hydrogens (primary N) is 1. The van der Waals surface area contributed by atoms with Crippen molar-refractivity contribution in [3.8, 4) is 0 Å². The molecule has 0 aromatic heterocycles. The van der Waals surface area contributed by atoms with E-state index in [9.17, 15) is 4.79 Å². The number of halogens is 1.